The van der Waals surface area contributed by atoms with Crippen molar-refractivity contribution in [2.45, 2.75) is 11.8 Å². The number of halogens is 1. The molecule has 1 heterocycles. The Hall–Kier alpha value is -1.41. The van der Waals surface area contributed by atoms with E-state index in [2.05, 4.69) is 5.32 Å². The van der Waals surface area contributed by atoms with Crippen LogP contribution < -0.4 is 5.32 Å². The van der Waals surface area contributed by atoms with Crippen molar-refractivity contribution in [1.82, 2.24) is 4.31 Å². The topological polar surface area (TPSA) is 66.5 Å². The summed E-state index contributed by atoms with van der Waals surface area (Å²) >= 11 is 7.00. The standard InChI is InChI=1S/C14H15ClN2O3S2/c1-9-13(22(19,20)17(2)3)8-12(21-9)14(18)16-11-6-4-5-10(15)7-11/h4-8H,1-3H3,(H,16,18). The molecule has 0 saturated carbocycles. The van der Waals surface area contributed by atoms with Crippen LogP contribution in [0.4, 0.5) is 5.69 Å². The van der Waals surface area contributed by atoms with E-state index in [4.69, 9.17) is 11.6 Å². The lowest BCUT2D eigenvalue weighted by molar-refractivity contribution is 0.103. The van der Waals surface area contributed by atoms with Crippen molar-refractivity contribution in [3.63, 3.8) is 0 Å². The van der Waals surface area contributed by atoms with Gasteiger partial charge in [-0.1, -0.05) is 17.7 Å². The van der Waals surface area contributed by atoms with E-state index >= 15 is 0 Å². The third-order valence-electron chi connectivity index (χ3n) is 2.94. The molecule has 8 heteroatoms. The Morgan fingerprint density at radius 3 is 2.55 bits per heavy atom. The lowest BCUT2D eigenvalue weighted by atomic mass is 10.3. The summed E-state index contributed by atoms with van der Waals surface area (Å²) in [6, 6.07) is 8.15. The predicted octanol–water partition coefficient (Wildman–Crippen LogP) is 3.21. The number of thiophene rings is 1. The summed E-state index contributed by atoms with van der Waals surface area (Å²) < 4.78 is 25.5. The van der Waals surface area contributed by atoms with Gasteiger partial charge in [0.1, 0.15) is 0 Å². The van der Waals surface area contributed by atoms with Crippen LogP contribution >= 0.6 is 22.9 Å². The fourth-order valence-corrected chi connectivity index (χ4v) is 4.33. The van der Waals surface area contributed by atoms with E-state index in [0.29, 0.717) is 20.5 Å². The number of carbonyl (C=O) groups excluding carboxylic acids is 1. The van der Waals surface area contributed by atoms with Gasteiger partial charge in [0.05, 0.1) is 9.77 Å². The van der Waals surface area contributed by atoms with Gasteiger partial charge in [-0.3, -0.25) is 4.79 Å². The SMILES string of the molecule is Cc1sc(C(=O)Nc2cccc(Cl)c2)cc1S(=O)(=O)N(C)C. The molecule has 22 heavy (non-hydrogen) atoms. The zero-order chi connectivity index (χ0) is 16.5. The lowest BCUT2D eigenvalue weighted by Gasteiger charge is -2.10. The van der Waals surface area contributed by atoms with Gasteiger partial charge >= 0.3 is 0 Å². The van der Waals surface area contributed by atoms with E-state index in [1.165, 1.54) is 20.2 Å². The number of nitrogens with one attached hydrogen (secondary N) is 1. The minimum atomic E-state index is -3.56. The minimum absolute atomic E-state index is 0.152. The highest BCUT2D eigenvalue weighted by atomic mass is 35.5. The Morgan fingerprint density at radius 2 is 1.95 bits per heavy atom. The first-order chi connectivity index (χ1) is 10.2. The van der Waals surface area contributed by atoms with Crippen LogP contribution in [0.2, 0.25) is 5.02 Å². The van der Waals surface area contributed by atoms with E-state index in [1.54, 1.807) is 31.2 Å². The van der Waals surface area contributed by atoms with Gasteiger partial charge in [-0.15, -0.1) is 11.3 Å². The zero-order valence-electron chi connectivity index (χ0n) is 12.3. The minimum Gasteiger partial charge on any atom is -0.321 e. The number of hydrogen-bond acceptors (Lipinski definition) is 4. The number of carbonyl (C=O) groups is 1. The molecule has 2 aromatic rings. The van der Waals surface area contributed by atoms with Gasteiger partial charge in [-0.25, -0.2) is 12.7 Å². The number of benzene rings is 1. The molecule has 1 aromatic heterocycles. The number of sulfonamides is 1. The summed E-state index contributed by atoms with van der Waals surface area (Å²) in [6.45, 7) is 1.68. The van der Waals surface area contributed by atoms with E-state index in [-0.39, 0.29) is 10.8 Å². The number of rotatable bonds is 4. The maximum atomic E-state index is 12.2. The Kier molecular flexibility index (Phi) is 4.91. The third-order valence-corrected chi connectivity index (χ3v) is 6.29. The Morgan fingerprint density at radius 1 is 1.27 bits per heavy atom. The van der Waals surface area contributed by atoms with Gasteiger partial charge < -0.3 is 5.32 Å². The molecule has 118 valence electrons. The summed E-state index contributed by atoms with van der Waals surface area (Å²) in [5.41, 5.74) is 0.556. The number of anilines is 1. The quantitative estimate of drug-likeness (QED) is 0.912. The first-order valence-corrected chi connectivity index (χ1v) is 8.95. The molecule has 0 aliphatic carbocycles. The van der Waals surface area contributed by atoms with E-state index in [1.807, 2.05) is 0 Å². The largest absolute Gasteiger partial charge is 0.321 e. The maximum absolute atomic E-state index is 12.2. The Bertz CT molecular complexity index is 813. The van der Waals surface area contributed by atoms with Gasteiger partial charge in [-0.2, -0.15) is 0 Å². The summed E-state index contributed by atoms with van der Waals surface area (Å²) in [6.07, 6.45) is 0. The van der Waals surface area contributed by atoms with Crippen molar-refractivity contribution in [1.29, 1.82) is 0 Å². The second-order valence-electron chi connectivity index (χ2n) is 4.78. The van der Waals surface area contributed by atoms with Crippen LogP contribution in [0.25, 0.3) is 0 Å². The molecule has 1 aromatic carbocycles. The molecule has 0 radical (unpaired) electrons. The van der Waals surface area contributed by atoms with Crippen LogP contribution in [-0.2, 0) is 10.0 Å². The molecule has 2 rings (SSSR count). The van der Waals surface area contributed by atoms with Crippen molar-refractivity contribution < 1.29 is 13.2 Å². The molecule has 1 amide bonds. The van der Waals surface area contributed by atoms with Gasteiger partial charge in [0, 0.05) is 29.7 Å². The molecule has 0 saturated heterocycles. The van der Waals surface area contributed by atoms with Crippen LogP contribution in [-0.4, -0.2) is 32.7 Å². The molecule has 5 nitrogen and oxygen atoms in total. The van der Waals surface area contributed by atoms with E-state index in [9.17, 15) is 13.2 Å². The van der Waals surface area contributed by atoms with E-state index < -0.39 is 10.0 Å². The summed E-state index contributed by atoms with van der Waals surface area (Å²) in [7, 11) is -0.644. The van der Waals surface area contributed by atoms with Crippen LogP contribution in [0.15, 0.2) is 35.2 Å². The van der Waals surface area contributed by atoms with Crippen molar-refractivity contribution in [2.24, 2.45) is 0 Å². The highest BCUT2D eigenvalue weighted by Gasteiger charge is 2.24. The molecule has 0 unspecified atom stereocenters. The van der Waals surface area contributed by atoms with Gasteiger partial charge in [0.15, 0.2) is 0 Å². The highest BCUT2D eigenvalue weighted by Crippen LogP contribution is 2.28. The number of hydrogen-bond donors (Lipinski definition) is 1. The van der Waals surface area contributed by atoms with Crippen LogP contribution in [0.3, 0.4) is 0 Å². The monoisotopic (exact) mass is 358 g/mol. The van der Waals surface area contributed by atoms with Gasteiger partial charge in [-0.05, 0) is 31.2 Å². The Labute approximate surface area is 138 Å². The average molecular weight is 359 g/mol. The summed E-state index contributed by atoms with van der Waals surface area (Å²) in [5.74, 6) is -0.365. The zero-order valence-corrected chi connectivity index (χ0v) is 14.6. The summed E-state index contributed by atoms with van der Waals surface area (Å²) in [4.78, 5) is 13.3. The summed E-state index contributed by atoms with van der Waals surface area (Å²) in [5, 5.41) is 3.21. The Balaban J connectivity index is 2.29. The molecule has 0 aliphatic rings. The van der Waals surface area contributed by atoms with Crippen molar-refractivity contribution in [3.05, 3.63) is 45.1 Å². The molecule has 0 fully saturated rings. The first kappa shape index (κ1) is 17.0. The number of aryl methyl sites for hydroxylation is 1. The molecule has 0 aliphatic heterocycles. The molecule has 1 N–H and O–H groups in total. The second-order valence-corrected chi connectivity index (χ2v) is 8.60. The van der Waals surface area contributed by atoms with Crippen LogP contribution in [0, 0.1) is 6.92 Å². The number of amides is 1. The van der Waals surface area contributed by atoms with Crippen molar-refractivity contribution in [2.75, 3.05) is 19.4 Å². The van der Waals surface area contributed by atoms with Crippen LogP contribution in [0.1, 0.15) is 14.5 Å². The van der Waals surface area contributed by atoms with E-state index in [0.717, 1.165) is 15.6 Å². The number of nitrogens with zero attached hydrogens (tertiary/aromatic N) is 1. The van der Waals surface area contributed by atoms with Crippen LogP contribution in [0.5, 0.6) is 0 Å². The van der Waals surface area contributed by atoms with Crippen molar-refractivity contribution in [3.8, 4) is 0 Å². The molecular weight excluding hydrogens is 344 g/mol. The lowest BCUT2D eigenvalue weighted by Crippen LogP contribution is -2.22. The molecule has 0 bridgehead atoms. The molecular formula is C14H15ClN2O3S2. The first-order valence-electron chi connectivity index (χ1n) is 6.31. The van der Waals surface area contributed by atoms with Crippen molar-refractivity contribution >= 4 is 44.6 Å². The third kappa shape index (κ3) is 3.49. The fourth-order valence-electron chi connectivity index (χ4n) is 1.79. The van der Waals surface area contributed by atoms with Gasteiger partial charge in [0.2, 0.25) is 10.0 Å². The normalized spacial score (nSPS) is 11.7. The maximum Gasteiger partial charge on any atom is 0.265 e. The smallest absolute Gasteiger partial charge is 0.265 e. The second kappa shape index (κ2) is 6.37. The molecule has 0 spiro atoms. The molecule has 0 atom stereocenters. The predicted molar refractivity (Wildman–Crippen MR) is 89.3 cm³/mol. The fraction of sp³-hybridized carbons (Fsp3) is 0.214. The highest BCUT2D eigenvalue weighted by molar-refractivity contribution is 7.89. The van der Waals surface area contributed by atoms with Gasteiger partial charge in [0.25, 0.3) is 5.91 Å². The average Bonchev–Trinajstić information content (AvgIpc) is 2.81.